The van der Waals surface area contributed by atoms with Gasteiger partial charge in [-0.05, 0) is 56.2 Å². The smallest absolute Gasteiger partial charge is 0.168 e. The molecule has 3 aromatic carbocycles. The van der Waals surface area contributed by atoms with Gasteiger partial charge in [-0.3, -0.25) is 0 Å². The first-order chi connectivity index (χ1) is 15.1. The summed E-state index contributed by atoms with van der Waals surface area (Å²) in [6, 6.07) is 33.6. The summed E-state index contributed by atoms with van der Waals surface area (Å²) in [5, 5.41) is 4.35. The van der Waals surface area contributed by atoms with Crippen LogP contribution < -0.4 is 32.9 Å². The average molecular weight is 513 g/mol. The van der Waals surface area contributed by atoms with Crippen LogP contribution >= 0.6 is 7.26 Å². The summed E-state index contributed by atoms with van der Waals surface area (Å²) >= 11 is 0. The Bertz CT molecular complexity index is 846. The van der Waals surface area contributed by atoms with Crippen molar-refractivity contribution >= 4 is 23.2 Å². The third-order valence-electron chi connectivity index (χ3n) is 6.89. The minimum atomic E-state index is -1.90. The van der Waals surface area contributed by atoms with E-state index in [1.165, 1.54) is 15.9 Å². The molecule has 3 aromatic rings. The van der Waals surface area contributed by atoms with Gasteiger partial charge in [-0.1, -0.05) is 68.4 Å². The van der Waals surface area contributed by atoms with Crippen molar-refractivity contribution < 1.29 is 26.5 Å². The molecule has 2 nitrogen and oxygen atoms in total. The summed E-state index contributed by atoms with van der Waals surface area (Å²) in [7, 11) is -1.90. The number of benzene rings is 3. The normalized spacial score (nSPS) is 17.3. The monoisotopic (exact) mass is 512 g/mol. The molecule has 0 aromatic heterocycles. The molecule has 1 saturated heterocycles. The second-order valence-corrected chi connectivity index (χ2v) is 12.4. The van der Waals surface area contributed by atoms with Gasteiger partial charge in [0.2, 0.25) is 0 Å². The van der Waals surface area contributed by atoms with E-state index in [9.17, 15) is 0 Å². The van der Waals surface area contributed by atoms with E-state index in [0.717, 1.165) is 12.8 Å². The highest BCUT2D eigenvalue weighted by atomic mass is 79.9. The van der Waals surface area contributed by atoms with Gasteiger partial charge in [-0.2, -0.15) is 0 Å². The quantitative estimate of drug-likeness (QED) is 0.432. The fourth-order valence-electron chi connectivity index (χ4n) is 5.10. The van der Waals surface area contributed by atoms with Crippen LogP contribution in [-0.2, 0) is 9.47 Å². The molecule has 2 atom stereocenters. The Hall–Kier alpha value is -1.51. The van der Waals surface area contributed by atoms with Crippen LogP contribution in [0, 0.1) is 5.92 Å². The first kappa shape index (κ1) is 25.1. The summed E-state index contributed by atoms with van der Waals surface area (Å²) in [6.07, 6.45) is 2.16. The van der Waals surface area contributed by atoms with Gasteiger partial charge in [0, 0.05) is 5.92 Å². The lowest BCUT2D eigenvalue weighted by Crippen LogP contribution is -3.00. The molecular formula is C28H34BrO2P. The fourth-order valence-corrected chi connectivity index (χ4v) is 10.4. The second-order valence-electron chi connectivity index (χ2n) is 8.64. The van der Waals surface area contributed by atoms with Crippen molar-refractivity contribution in [3.8, 4) is 0 Å². The molecule has 170 valence electrons. The Morgan fingerprint density at radius 1 is 0.750 bits per heavy atom. The molecule has 1 fully saturated rings. The number of halogens is 1. The minimum Gasteiger partial charge on any atom is -1.00 e. The van der Waals surface area contributed by atoms with Crippen molar-refractivity contribution in [3.63, 3.8) is 0 Å². The zero-order valence-corrected chi connectivity index (χ0v) is 21.8. The highest BCUT2D eigenvalue weighted by Crippen LogP contribution is 2.62. The number of hydrogen-bond acceptors (Lipinski definition) is 2. The van der Waals surface area contributed by atoms with E-state index in [1.54, 1.807) is 0 Å². The van der Waals surface area contributed by atoms with Crippen LogP contribution in [0.3, 0.4) is 0 Å². The van der Waals surface area contributed by atoms with E-state index in [2.05, 4.69) is 112 Å². The van der Waals surface area contributed by atoms with Gasteiger partial charge in [0.15, 0.2) is 5.79 Å². The van der Waals surface area contributed by atoms with Crippen LogP contribution in [0.4, 0.5) is 0 Å². The Morgan fingerprint density at radius 3 is 1.47 bits per heavy atom. The molecule has 1 heterocycles. The van der Waals surface area contributed by atoms with E-state index in [-0.39, 0.29) is 17.0 Å². The molecule has 0 saturated carbocycles. The molecule has 1 aliphatic rings. The molecule has 0 radical (unpaired) electrons. The van der Waals surface area contributed by atoms with Crippen LogP contribution in [0.2, 0.25) is 0 Å². The largest absolute Gasteiger partial charge is 1.00 e. The first-order valence-corrected chi connectivity index (χ1v) is 13.3. The maximum absolute atomic E-state index is 6.07. The zero-order chi connectivity index (χ0) is 21.7. The Kier molecular flexibility index (Phi) is 8.69. The van der Waals surface area contributed by atoms with Crippen LogP contribution in [0.15, 0.2) is 91.0 Å². The summed E-state index contributed by atoms with van der Waals surface area (Å²) < 4.78 is 12.1. The predicted molar refractivity (Wildman–Crippen MR) is 133 cm³/mol. The van der Waals surface area contributed by atoms with Crippen molar-refractivity contribution in [2.75, 3.05) is 13.2 Å². The topological polar surface area (TPSA) is 18.5 Å². The molecule has 0 spiro atoms. The molecule has 1 aliphatic heterocycles. The fraction of sp³-hybridized carbons (Fsp3) is 0.357. The Labute approximate surface area is 204 Å². The van der Waals surface area contributed by atoms with E-state index in [0.29, 0.717) is 24.8 Å². The zero-order valence-electron chi connectivity index (χ0n) is 19.3. The summed E-state index contributed by atoms with van der Waals surface area (Å²) in [6.45, 7) is 8.14. The molecular weight excluding hydrogens is 479 g/mol. The molecule has 4 rings (SSSR count). The van der Waals surface area contributed by atoms with Crippen LogP contribution in [0.5, 0.6) is 0 Å². The lowest BCUT2D eigenvalue weighted by Gasteiger charge is -2.38. The van der Waals surface area contributed by atoms with Crippen LogP contribution in [-0.4, -0.2) is 24.7 Å². The van der Waals surface area contributed by atoms with Gasteiger partial charge in [0.05, 0.1) is 18.9 Å². The van der Waals surface area contributed by atoms with Crippen molar-refractivity contribution in [3.05, 3.63) is 91.0 Å². The Balaban J connectivity index is 0.00000289. The van der Waals surface area contributed by atoms with Crippen molar-refractivity contribution in [2.24, 2.45) is 5.92 Å². The molecule has 32 heavy (non-hydrogen) atoms. The maximum Gasteiger partial charge on any atom is 0.168 e. The predicted octanol–water partition coefficient (Wildman–Crippen LogP) is 2.55. The summed E-state index contributed by atoms with van der Waals surface area (Å²) in [4.78, 5) is 0. The third-order valence-corrected chi connectivity index (χ3v) is 11.9. The summed E-state index contributed by atoms with van der Waals surface area (Å²) in [5.41, 5.74) is 0.485. The molecule has 4 heteroatoms. The number of hydrogen-bond donors (Lipinski definition) is 0. The lowest BCUT2D eigenvalue weighted by molar-refractivity contribution is -0.178. The highest BCUT2D eigenvalue weighted by molar-refractivity contribution is 7.96. The average Bonchev–Trinajstić information content (AvgIpc) is 3.28. The van der Waals surface area contributed by atoms with Crippen LogP contribution in [0.1, 0.15) is 33.6 Å². The summed E-state index contributed by atoms with van der Waals surface area (Å²) in [5.74, 6) is -0.192. The van der Waals surface area contributed by atoms with E-state index < -0.39 is 13.0 Å². The first-order valence-electron chi connectivity index (χ1n) is 11.4. The third kappa shape index (κ3) is 4.73. The highest BCUT2D eigenvalue weighted by Gasteiger charge is 2.53. The van der Waals surface area contributed by atoms with E-state index in [1.807, 2.05) is 0 Å². The minimum absolute atomic E-state index is 0. The SMILES string of the molecule is CCC(CC(C)C1(C)OCCO1)[P+](c1ccccc1)(c1ccccc1)c1ccccc1.[Br-]. The molecule has 0 bridgehead atoms. The molecule has 2 unspecified atom stereocenters. The van der Waals surface area contributed by atoms with E-state index in [4.69, 9.17) is 9.47 Å². The van der Waals surface area contributed by atoms with Gasteiger partial charge in [0.25, 0.3) is 0 Å². The van der Waals surface area contributed by atoms with E-state index >= 15 is 0 Å². The van der Waals surface area contributed by atoms with Gasteiger partial charge in [0.1, 0.15) is 23.2 Å². The standard InChI is InChI=1S/C28H34O2P.BrH/c1-4-24(22-23(2)28(3)29-20-21-30-28)31(25-14-8-5-9-15-25,26-16-10-6-11-17-26)27-18-12-7-13-19-27;/h5-19,23-24H,4,20-22H2,1-3H3;1H/q+1;/p-1. The van der Waals surface area contributed by atoms with Crippen molar-refractivity contribution in [1.29, 1.82) is 0 Å². The maximum atomic E-state index is 6.07. The number of ether oxygens (including phenoxy) is 2. The Morgan fingerprint density at radius 2 is 1.12 bits per heavy atom. The lowest BCUT2D eigenvalue weighted by atomic mass is 9.95. The van der Waals surface area contributed by atoms with Crippen molar-refractivity contribution in [1.82, 2.24) is 0 Å². The van der Waals surface area contributed by atoms with Gasteiger partial charge >= 0.3 is 0 Å². The van der Waals surface area contributed by atoms with Gasteiger partial charge in [-0.15, -0.1) is 0 Å². The molecule has 0 amide bonds. The molecule has 0 aliphatic carbocycles. The van der Waals surface area contributed by atoms with Gasteiger partial charge in [-0.25, -0.2) is 0 Å². The van der Waals surface area contributed by atoms with Crippen LogP contribution in [0.25, 0.3) is 0 Å². The van der Waals surface area contributed by atoms with Crippen molar-refractivity contribution in [2.45, 2.75) is 45.1 Å². The second kappa shape index (κ2) is 11.1. The van der Waals surface area contributed by atoms with Gasteiger partial charge < -0.3 is 26.5 Å². The number of rotatable bonds is 8. The molecule has 0 N–H and O–H groups in total.